The van der Waals surface area contributed by atoms with Crippen LogP contribution in [0.1, 0.15) is 11.7 Å². The van der Waals surface area contributed by atoms with Gasteiger partial charge in [0, 0.05) is 22.8 Å². The van der Waals surface area contributed by atoms with Gasteiger partial charge in [0.2, 0.25) is 5.91 Å². The molecular formula is C9H6BrFN2O. The number of halogens is 2. The molecule has 1 aromatic carbocycles. The molecule has 0 radical (unpaired) electrons. The lowest BCUT2D eigenvalue weighted by Gasteiger charge is -1.98. The van der Waals surface area contributed by atoms with Crippen molar-refractivity contribution in [2.24, 2.45) is 0 Å². The third kappa shape index (κ3) is 1.33. The van der Waals surface area contributed by atoms with Crippen molar-refractivity contribution in [3.05, 3.63) is 28.6 Å². The number of fused-ring (bicyclic) bond motifs is 1. The molecule has 5 heteroatoms. The van der Waals surface area contributed by atoms with Crippen molar-refractivity contribution in [2.45, 2.75) is 6.92 Å². The smallest absolute Gasteiger partial charge is 0.244 e. The highest BCUT2D eigenvalue weighted by molar-refractivity contribution is 9.10. The van der Waals surface area contributed by atoms with Crippen LogP contribution in [0.15, 0.2) is 22.8 Å². The molecular weight excluding hydrogens is 251 g/mol. The Morgan fingerprint density at radius 2 is 2.29 bits per heavy atom. The fourth-order valence-corrected chi connectivity index (χ4v) is 1.83. The molecule has 0 fully saturated rings. The lowest BCUT2D eigenvalue weighted by atomic mass is 10.2. The van der Waals surface area contributed by atoms with Gasteiger partial charge in [-0.2, -0.15) is 5.10 Å². The lowest BCUT2D eigenvalue weighted by molar-refractivity contribution is 0.0927. The molecule has 0 amide bonds. The molecule has 0 aliphatic carbocycles. The Balaban J connectivity index is 2.85. The molecule has 2 aromatic rings. The van der Waals surface area contributed by atoms with E-state index >= 15 is 0 Å². The van der Waals surface area contributed by atoms with Crippen molar-refractivity contribution in [2.75, 3.05) is 0 Å². The standard InChI is InChI=1S/C9H6BrFN2O/c1-5(14)13-9-3-6(11)2-8(10)7(9)4-12-13/h2-4H,1H3. The summed E-state index contributed by atoms with van der Waals surface area (Å²) < 4.78 is 14.8. The van der Waals surface area contributed by atoms with E-state index in [0.29, 0.717) is 9.99 Å². The normalized spacial score (nSPS) is 10.8. The number of benzene rings is 1. The Morgan fingerprint density at radius 1 is 1.57 bits per heavy atom. The van der Waals surface area contributed by atoms with Crippen molar-refractivity contribution in [1.82, 2.24) is 9.78 Å². The lowest BCUT2D eigenvalue weighted by Crippen LogP contribution is -2.06. The minimum absolute atomic E-state index is 0.238. The van der Waals surface area contributed by atoms with Crippen molar-refractivity contribution in [3.8, 4) is 0 Å². The molecule has 0 saturated carbocycles. The number of rotatable bonds is 0. The van der Waals surface area contributed by atoms with E-state index in [1.165, 1.54) is 29.9 Å². The molecule has 1 aromatic heterocycles. The maximum absolute atomic E-state index is 13.0. The van der Waals surface area contributed by atoms with Crippen LogP contribution >= 0.6 is 15.9 Å². The zero-order valence-electron chi connectivity index (χ0n) is 7.29. The topological polar surface area (TPSA) is 34.9 Å². The zero-order valence-corrected chi connectivity index (χ0v) is 8.88. The summed E-state index contributed by atoms with van der Waals surface area (Å²) in [5, 5.41) is 4.59. The minimum atomic E-state index is -0.396. The summed E-state index contributed by atoms with van der Waals surface area (Å²) in [5.74, 6) is -0.634. The van der Waals surface area contributed by atoms with E-state index in [9.17, 15) is 9.18 Å². The van der Waals surface area contributed by atoms with Crippen LogP contribution in [0, 0.1) is 5.82 Å². The van der Waals surface area contributed by atoms with Crippen LogP contribution in [0.3, 0.4) is 0 Å². The van der Waals surface area contributed by atoms with Crippen LogP contribution in [0.25, 0.3) is 10.9 Å². The number of carbonyl (C=O) groups is 1. The molecule has 0 unspecified atom stereocenters. The SMILES string of the molecule is CC(=O)n1ncc2c(Br)cc(F)cc21. The van der Waals surface area contributed by atoms with Gasteiger partial charge in [0.15, 0.2) is 0 Å². The first-order valence-corrected chi connectivity index (χ1v) is 4.72. The van der Waals surface area contributed by atoms with Gasteiger partial charge in [-0.15, -0.1) is 0 Å². The molecule has 72 valence electrons. The maximum atomic E-state index is 13.0. The molecule has 0 bridgehead atoms. The second-order valence-corrected chi connectivity index (χ2v) is 3.75. The Bertz CT molecular complexity index is 521. The molecule has 14 heavy (non-hydrogen) atoms. The third-order valence-corrected chi connectivity index (χ3v) is 2.56. The second-order valence-electron chi connectivity index (χ2n) is 2.90. The Labute approximate surface area is 87.6 Å². The molecule has 0 spiro atoms. The van der Waals surface area contributed by atoms with E-state index < -0.39 is 5.82 Å². The average Bonchev–Trinajstić information content (AvgIpc) is 2.47. The van der Waals surface area contributed by atoms with Gasteiger partial charge >= 0.3 is 0 Å². The monoisotopic (exact) mass is 256 g/mol. The fraction of sp³-hybridized carbons (Fsp3) is 0.111. The summed E-state index contributed by atoms with van der Waals surface area (Å²) in [5.41, 5.74) is 0.476. The van der Waals surface area contributed by atoms with Gasteiger partial charge in [0.1, 0.15) is 5.82 Å². The number of hydrogen-bond acceptors (Lipinski definition) is 2. The van der Waals surface area contributed by atoms with Gasteiger partial charge < -0.3 is 0 Å². The van der Waals surface area contributed by atoms with Crippen LogP contribution < -0.4 is 0 Å². The minimum Gasteiger partial charge on any atom is -0.273 e. The number of hydrogen-bond donors (Lipinski definition) is 0. The summed E-state index contributed by atoms with van der Waals surface area (Å²) in [6.45, 7) is 1.38. The fourth-order valence-electron chi connectivity index (χ4n) is 1.30. The summed E-state index contributed by atoms with van der Waals surface area (Å²) >= 11 is 3.21. The van der Waals surface area contributed by atoms with E-state index in [1.54, 1.807) is 0 Å². The number of aromatic nitrogens is 2. The molecule has 2 rings (SSSR count). The Kier molecular flexibility index (Phi) is 2.11. The van der Waals surface area contributed by atoms with E-state index in [-0.39, 0.29) is 5.91 Å². The highest BCUT2D eigenvalue weighted by Crippen LogP contribution is 2.24. The quantitative estimate of drug-likeness (QED) is 0.727. The molecule has 0 N–H and O–H groups in total. The van der Waals surface area contributed by atoms with Crippen LogP contribution in [-0.4, -0.2) is 15.7 Å². The van der Waals surface area contributed by atoms with Crippen molar-refractivity contribution < 1.29 is 9.18 Å². The van der Waals surface area contributed by atoms with E-state index in [4.69, 9.17) is 0 Å². The number of carbonyl (C=O) groups excluding carboxylic acids is 1. The highest BCUT2D eigenvalue weighted by Gasteiger charge is 2.10. The van der Waals surface area contributed by atoms with Crippen molar-refractivity contribution >= 4 is 32.7 Å². The maximum Gasteiger partial charge on any atom is 0.244 e. The van der Waals surface area contributed by atoms with Crippen LogP contribution in [0.4, 0.5) is 4.39 Å². The van der Waals surface area contributed by atoms with Gasteiger partial charge in [0.25, 0.3) is 0 Å². The summed E-state index contributed by atoms with van der Waals surface area (Å²) in [4.78, 5) is 11.1. The zero-order chi connectivity index (χ0) is 10.3. The predicted octanol–water partition coefficient (Wildman–Crippen LogP) is 2.60. The number of nitrogens with zero attached hydrogens (tertiary/aromatic N) is 2. The summed E-state index contributed by atoms with van der Waals surface area (Å²) in [7, 11) is 0. The summed E-state index contributed by atoms with van der Waals surface area (Å²) in [6.07, 6.45) is 1.53. The first-order chi connectivity index (χ1) is 6.59. The molecule has 0 aliphatic heterocycles. The van der Waals surface area contributed by atoms with E-state index in [2.05, 4.69) is 21.0 Å². The van der Waals surface area contributed by atoms with Crippen molar-refractivity contribution in [1.29, 1.82) is 0 Å². The van der Waals surface area contributed by atoms with Gasteiger partial charge in [-0.25, -0.2) is 9.07 Å². The molecule has 1 heterocycles. The second kappa shape index (κ2) is 3.16. The van der Waals surface area contributed by atoms with Crippen molar-refractivity contribution in [3.63, 3.8) is 0 Å². The molecule has 0 atom stereocenters. The van der Waals surface area contributed by atoms with Gasteiger partial charge in [-0.05, 0) is 22.0 Å². The van der Waals surface area contributed by atoms with Crippen LogP contribution in [0.2, 0.25) is 0 Å². The average molecular weight is 257 g/mol. The highest BCUT2D eigenvalue weighted by atomic mass is 79.9. The van der Waals surface area contributed by atoms with Crippen LogP contribution in [-0.2, 0) is 0 Å². The van der Waals surface area contributed by atoms with E-state index in [0.717, 1.165) is 5.39 Å². The molecule has 3 nitrogen and oxygen atoms in total. The van der Waals surface area contributed by atoms with Crippen LogP contribution in [0.5, 0.6) is 0 Å². The molecule has 0 saturated heterocycles. The molecule has 0 aliphatic rings. The van der Waals surface area contributed by atoms with Gasteiger partial charge in [-0.1, -0.05) is 0 Å². The Morgan fingerprint density at radius 3 is 2.93 bits per heavy atom. The first-order valence-electron chi connectivity index (χ1n) is 3.93. The van der Waals surface area contributed by atoms with Gasteiger partial charge in [0.05, 0.1) is 11.7 Å². The first kappa shape index (κ1) is 9.33. The largest absolute Gasteiger partial charge is 0.273 e. The van der Waals surface area contributed by atoms with Gasteiger partial charge in [-0.3, -0.25) is 4.79 Å². The van der Waals surface area contributed by atoms with E-state index in [1.807, 2.05) is 0 Å². The third-order valence-electron chi connectivity index (χ3n) is 1.90. The predicted molar refractivity (Wildman–Crippen MR) is 53.7 cm³/mol. The summed E-state index contributed by atoms with van der Waals surface area (Å²) in [6, 6.07) is 2.63. The Hall–Kier alpha value is -1.23.